The van der Waals surface area contributed by atoms with Gasteiger partial charge in [0.2, 0.25) is 0 Å². The molecule has 0 heterocycles. The highest BCUT2D eigenvalue weighted by Crippen LogP contribution is 2.28. The van der Waals surface area contributed by atoms with Crippen molar-refractivity contribution in [2.24, 2.45) is 0 Å². The minimum atomic E-state index is -0.550. The first-order valence-electron chi connectivity index (χ1n) is 6.59. The Morgan fingerprint density at radius 2 is 1.89 bits per heavy atom. The Morgan fingerprint density at radius 1 is 1.16 bits per heavy atom. The van der Waals surface area contributed by atoms with E-state index in [-0.39, 0.29) is 17.4 Å². The van der Waals surface area contributed by atoms with Crippen LogP contribution in [0, 0.1) is 0 Å². The molecule has 0 bridgehead atoms. The molecule has 1 aliphatic carbocycles. The lowest BCUT2D eigenvalue weighted by Gasteiger charge is -2.22. The molecule has 0 aromatic heterocycles. The molecule has 1 amide bonds. The number of benzene rings is 1. The van der Waals surface area contributed by atoms with Gasteiger partial charge >= 0.3 is 0 Å². The van der Waals surface area contributed by atoms with E-state index in [0.29, 0.717) is 6.42 Å². The van der Waals surface area contributed by atoms with Gasteiger partial charge in [0, 0.05) is 0 Å². The molecule has 1 fully saturated rings. The van der Waals surface area contributed by atoms with Crippen molar-refractivity contribution < 1.29 is 20.1 Å². The molecule has 1 aromatic carbocycles. The number of phenols is 2. The number of nitrogens with one attached hydrogen (secondary N) is 1. The molecule has 0 saturated heterocycles. The molecule has 1 aliphatic rings. The molecule has 104 valence electrons. The van der Waals surface area contributed by atoms with Gasteiger partial charge in [0.15, 0.2) is 11.5 Å². The van der Waals surface area contributed by atoms with E-state index in [0.717, 1.165) is 25.7 Å². The van der Waals surface area contributed by atoms with Gasteiger partial charge in [-0.25, -0.2) is 0 Å². The van der Waals surface area contributed by atoms with Crippen molar-refractivity contribution in [3.63, 3.8) is 0 Å². The molecule has 0 radical (unpaired) electrons. The largest absolute Gasteiger partial charge is 0.504 e. The number of aliphatic hydroxyl groups is 1. The number of aromatic hydroxyl groups is 2. The van der Waals surface area contributed by atoms with E-state index in [1.54, 1.807) is 0 Å². The molecule has 5 heteroatoms. The lowest BCUT2D eigenvalue weighted by molar-refractivity contribution is 0.0816. The van der Waals surface area contributed by atoms with E-state index >= 15 is 0 Å². The van der Waals surface area contributed by atoms with E-state index in [1.807, 2.05) is 0 Å². The predicted octanol–water partition coefficient (Wildman–Crippen LogP) is 1.52. The summed E-state index contributed by atoms with van der Waals surface area (Å²) < 4.78 is 0. The number of amides is 1. The van der Waals surface area contributed by atoms with Crippen molar-refractivity contribution in [1.29, 1.82) is 0 Å². The molecule has 0 aliphatic heterocycles. The van der Waals surface area contributed by atoms with Crippen LogP contribution < -0.4 is 5.32 Å². The minimum absolute atomic E-state index is 0.0245. The summed E-state index contributed by atoms with van der Waals surface area (Å²) in [6.45, 7) is 0. The quantitative estimate of drug-likeness (QED) is 0.482. The van der Waals surface area contributed by atoms with E-state index in [4.69, 9.17) is 0 Å². The van der Waals surface area contributed by atoms with Gasteiger partial charge in [0.05, 0.1) is 17.7 Å². The third-order valence-corrected chi connectivity index (χ3v) is 3.56. The van der Waals surface area contributed by atoms with Gasteiger partial charge in [-0.1, -0.05) is 25.3 Å². The lowest BCUT2D eigenvalue weighted by Crippen LogP contribution is -2.42. The first kappa shape index (κ1) is 13.7. The second kappa shape index (κ2) is 5.93. The molecule has 2 rings (SSSR count). The molecule has 4 N–H and O–H groups in total. The van der Waals surface area contributed by atoms with E-state index in [1.165, 1.54) is 18.2 Å². The molecule has 2 atom stereocenters. The second-order valence-electron chi connectivity index (χ2n) is 4.96. The summed E-state index contributed by atoms with van der Waals surface area (Å²) in [6, 6.07) is 3.95. The van der Waals surface area contributed by atoms with Crippen LogP contribution in [0.5, 0.6) is 11.5 Å². The molecule has 1 saturated carbocycles. The van der Waals surface area contributed by atoms with Crippen LogP contribution in [0.4, 0.5) is 0 Å². The van der Waals surface area contributed by atoms with Crippen molar-refractivity contribution in [2.45, 2.75) is 44.2 Å². The van der Waals surface area contributed by atoms with Gasteiger partial charge < -0.3 is 20.6 Å². The van der Waals surface area contributed by atoms with Crippen LogP contribution in [0.3, 0.4) is 0 Å². The number of para-hydroxylation sites is 1. The fourth-order valence-electron chi connectivity index (χ4n) is 2.42. The van der Waals surface area contributed by atoms with Gasteiger partial charge in [-0.15, -0.1) is 0 Å². The Hall–Kier alpha value is -1.75. The third kappa shape index (κ3) is 3.17. The van der Waals surface area contributed by atoms with E-state index in [9.17, 15) is 20.1 Å². The zero-order chi connectivity index (χ0) is 13.8. The van der Waals surface area contributed by atoms with Gasteiger partial charge in [-0.3, -0.25) is 4.79 Å². The van der Waals surface area contributed by atoms with E-state index in [2.05, 4.69) is 5.32 Å². The lowest BCUT2D eigenvalue weighted by atomic mass is 10.1. The van der Waals surface area contributed by atoms with Crippen LogP contribution in [0.2, 0.25) is 0 Å². The number of aliphatic hydroxyl groups excluding tert-OH is 1. The maximum atomic E-state index is 12.1. The highest BCUT2D eigenvalue weighted by molar-refractivity contribution is 5.97. The maximum Gasteiger partial charge on any atom is 0.255 e. The number of rotatable bonds is 2. The van der Waals surface area contributed by atoms with Crippen LogP contribution in [0.1, 0.15) is 42.5 Å². The summed E-state index contributed by atoms with van der Waals surface area (Å²) in [5, 5.41) is 31.7. The van der Waals surface area contributed by atoms with E-state index < -0.39 is 17.8 Å². The predicted molar refractivity (Wildman–Crippen MR) is 70.1 cm³/mol. The van der Waals surface area contributed by atoms with Gasteiger partial charge in [-0.2, -0.15) is 0 Å². The number of phenolic OH excluding ortho intramolecular Hbond substituents is 2. The molecular formula is C14H19NO4. The molecule has 2 unspecified atom stereocenters. The van der Waals surface area contributed by atoms with Gasteiger partial charge in [0.25, 0.3) is 5.91 Å². The Labute approximate surface area is 111 Å². The fourth-order valence-corrected chi connectivity index (χ4v) is 2.42. The highest BCUT2D eigenvalue weighted by Gasteiger charge is 2.24. The molecule has 0 spiro atoms. The third-order valence-electron chi connectivity index (χ3n) is 3.56. The Balaban J connectivity index is 2.09. The molecule has 1 aromatic rings. The van der Waals surface area contributed by atoms with Gasteiger partial charge in [-0.05, 0) is 25.0 Å². The number of carbonyl (C=O) groups is 1. The van der Waals surface area contributed by atoms with Crippen molar-refractivity contribution >= 4 is 5.91 Å². The van der Waals surface area contributed by atoms with Gasteiger partial charge in [0.1, 0.15) is 0 Å². The van der Waals surface area contributed by atoms with Crippen LogP contribution >= 0.6 is 0 Å². The summed E-state index contributed by atoms with van der Waals surface area (Å²) in [7, 11) is 0. The number of hydrogen-bond donors (Lipinski definition) is 4. The smallest absolute Gasteiger partial charge is 0.255 e. The summed E-state index contributed by atoms with van der Waals surface area (Å²) in [4.78, 5) is 12.1. The Bertz CT molecular complexity index is 461. The SMILES string of the molecule is O=C(NC1CCCCCC1O)c1cccc(O)c1O. The van der Waals surface area contributed by atoms with Crippen LogP contribution in [0.15, 0.2) is 18.2 Å². The van der Waals surface area contributed by atoms with Crippen molar-refractivity contribution in [1.82, 2.24) is 5.32 Å². The van der Waals surface area contributed by atoms with Crippen LogP contribution in [-0.2, 0) is 0 Å². The van der Waals surface area contributed by atoms with Crippen molar-refractivity contribution in [3.8, 4) is 11.5 Å². The van der Waals surface area contributed by atoms with Crippen molar-refractivity contribution in [3.05, 3.63) is 23.8 Å². The molecule has 5 nitrogen and oxygen atoms in total. The minimum Gasteiger partial charge on any atom is -0.504 e. The first-order valence-corrected chi connectivity index (χ1v) is 6.59. The average molecular weight is 265 g/mol. The summed E-state index contributed by atoms with van der Waals surface area (Å²) in [5.41, 5.74) is 0.0245. The fraction of sp³-hybridized carbons (Fsp3) is 0.500. The number of hydrogen-bond acceptors (Lipinski definition) is 4. The molecule has 19 heavy (non-hydrogen) atoms. The average Bonchev–Trinajstić information content (AvgIpc) is 2.58. The van der Waals surface area contributed by atoms with Crippen LogP contribution in [0.25, 0.3) is 0 Å². The maximum absolute atomic E-state index is 12.1. The highest BCUT2D eigenvalue weighted by atomic mass is 16.3. The zero-order valence-corrected chi connectivity index (χ0v) is 10.7. The first-order chi connectivity index (χ1) is 9.09. The number of carbonyl (C=O) groups excluding carboxylic acids is 1. The summed E-state index contributed by atoms with van der Waals surface area (Å²) >= 11 is 0. The topological polar surface area (TPSA) is 89.8 Å². The standard InChI is InChI=1S/C14H19NO4/c16-11-7-3-1-2-6-10(11)15-14(19)9-5-4-8-12(17)13(9)18/h4-5,8,10-11,16-18H,1-3,6-7H2,(H,15,19). The zero-order valence-electron chi connectivity index (χ0n) is 10.7. The summed E-state index contributed by atoms with van der Waals surface area (Å²) in [5.74, 6) is -1.23. The molecular weight excluding hydrogens is 246 g/mol. The monoisotopic (exact) mass is 265 g/mol. The summed E-state index contributed by atoms with van der Waals surface area (Å²) in [6.07, 6.45) is 3.84. The second-order valence-corrected chi connectivity index (χ2v) is 4.96. The Morgan fingerprint density at radius 3 is 2.68 bits per heavy atom. The van der Waals surface area contributed by atoms with Crippen molar-refractivity contribution in [2.75, 3.05) is 0 Å². The van der Waals surface area contributed by atoms with Crippen LogP contribution in [-0.4, -0.2) is 33.4 Å². The Kier molecular flexibility index (Phi) is 4.27. The normalized spacial score (nSPS) is 23.6.